The van der Waals surface area contributed by atoms with Crippen molar-refractivity contribution in [3.63, 3.8) is 0 Å². The third kappa shape index (κ3) is 3.79. The number of carbonyl (C=O) groups is 1. The Kier molecular flexibility index (Phi) is 4.90. The van der Waals surface area contributed by atoms with Gasteiger partial charge in [-0.05, 0) is 43.3 Å². The van der Waals surface area contributed by atoms with Crippen molar-refractivity contribution in [1.82, 2.24) is 19.8 Å². The van der Waals surface area contributed by atoms with Crippen LogP contribution in [0.1, 0.15) is 6.92 Å². The molecule has 0 radical (unpaired) electrons. The molecule has 0 bridgehead atoms. The fourth-order valence-electron chi connectivity index (χ4n) is 2.67. The number of halogens is 1. The second kappa shape index (κ2) is 7.66. The zero-order chi connectivity index (χ0) is 19.5. The van der Waals surface area contributed by atoms with Crippen LogP contribution in [0.4, 0.5) is 5.69 Å². The van der Waals surface area contributed by atoms with Gasteiger partial charge < -0.3 is 10.1 Å². The number of nitrogens with one attached hydrogen (secondary N) is 1. The maximum absolute atomic E-state index is 12.5. The molecule has 0 aliphatic carbocycles. The monoisotopic (exact) mass is 393 g/mol. The maximum Gasteiger partial charge on any atom is 0.265 e. The highest BCUT2D eigenvalue weighted by molar-refractivity contribution is 6.32. The van der Waals surface area contributed by atoms with E-state index < -0.39 is 6.10 Å². The molecule has 0 aliphatic rings. The molecule has 0 saturated carbocycles. The smallest absolute Gasteiger partial charge is 0.265 e. The van der Waals surface area contributed by atoms with Crippen molar-refractivity contribution < 1.29 is 9.53 Å². The van der Waals surface area contributed by atoms with Gasteiger partial charge in [0.2, 0.25) is 0 Å². The Balaban J connectivity index is 1.49. The van der Waals surface area contributed by atoms with Gasteiger partial charge in [0.15, 0.2) is 11.8 Å². The lowest BCUT2D eigenvalue weighted by atomic mass is 10.1. The Morgan fingerprint density at radius 2 is 2.00 bits per heavy atom. The molecule has 4 rings (SSSR count). The van der Waals surface area contributed by atoms with Gasteiger partial charge >= 0.3 is 0 Å². The summed E-state index contributed by atoms with van der Waals surface area (Å²) >= 11 is 6.08. The van der Waals surface area contributed by atoms with Crippen LogP contribution in [-0.4, -0.2) is 31.8 Å². The average Bonchev–Trinajstić information content (AvgIpc) is 3.17. The van der Waals surface area contributed by atoms with Gasteiger partial charge in [-0.15, -0.1) is 10.2 Å². The first kappa shape index (κ1) is 17.9. The molecule has 4 aromatic rings. The third-order valence-corrected chi connectivity index (χ3v) is 4.41. The van der Waals surface area contributed by atoms with Crippen molar-refractivity contribution in [2.45, 2.75) is 13.0 Å². The number of fused-ring (bicyclic) bond motifs is 1. The average molecular weight is 394 g/mol. The number of ether oxygens (including phenoxy) is 1. The minimum Gasteiger partial charge on any atom is -0.479 e. The van der Waals surface area contributed by atoms with Crippen LogP contribution < -0.4 is 10.1 Å². The molecule has 0 saturated heterocycles. The highest BCUT2D eigenvalue weighted by Crippen LogP contribution is 2.25. The zero-order valence-corrected chi connectivity index (χ0v) is 15.7. The van der Waals surface area contributed by atoms with Crippen LogP contribution >= 0.6 is 11.6 Å². The first-order valence-corrected chi connectivity index (χ1v) is 8.97. The summed E-state index contributed by atoms with van der Waals surface area (Å²) in [5.41, 5.74) is 2.90. The lowest BCUT2D eigenvalue weighted by Crippen LogP contribution is -2.30. The van der Waals surface area contributed by atoms with Crippen molar-refractivity contribution in [3.8, 4) is 17.0 Å². The van der Waals surface area contributed by atoms with Gasteiger partial charge in [0.25, 0.3) is 5.91 Å². The zero-order valence-electron chi connectivity index (χ0n) is 14.9. The Hall–Kier alpha value is -3.45. The summed E-state index contributed by atoms with van der Waals surface area (Å²) in [4.78, 5) is 12.5. The minimum absolute atomic E-state index is 0.278. The van der Waals surface area contributed by atoms with Gasteiger partial charge in [0.05, 0.1) is 10.7 Å². The van der Waals surface area contributed by atoms with Crippen LogP contribution in [0.15, 0.2) is 67.0 Å². The summed E-state index contributed by atoms with van der Waals surface area (Å²) in [6.07, 6.45) is 0.827. The Morgan fingerprint density at radius 3 is 2.86 bits per heavy atom. The molecule has 1 N–H and O–H groups in total. The van der Waals surface area contributed by atoms with Gasteiger partial charge in [-0.25, -0.2) is 0 Å². The minimum atomic E-state index is -0.713. The van der Waals surface area contributed by atoms with Gasteiger partial charge in [-0.2, -0.15) is 9.61 Å². The van der Waals surface area contributed by atoms with E-state index in [4.69, 9.17) is 16.3 Å². The van der Waals surface area contributed by atoms with Gasteiger partial charge in [0, 0.05) is 11.3 Å². The molecule has 0 aliphatic heterocycles. The molecule has 2 aromatic heterocycles. The molecular weight excluding hydrogens is 378 g/mol. The second-order valence-electron chi connectivity index (χ2n) is 6.11. The quantitative estimate of drug-likeness (QED) is 0.557. The first-order valence-electron chi connectivity index (χ1n) is 8.60. The molecule has 2 aromatic carbocycles. The molecule has 140 valence electrons. The van der Waals surface area contributed by atoms with Gasteiger partial charge in [0.1, 0.15) is 12.1 Å². The number of benzene rings is 2. The molecule has 1 unspecified atom stereocenters. The number of anilines is 1. The predicted octanol–water partition coefficient (Wildman–Crippen LogP) is 3.85. The summed E-state index contributed by atoms with van der Waals surface area (Å²) in [7, 11) is 0. The normalized spacial score (nSPS) is 11.9. The van der Waals surface area contributed by atoms with Crippen LogP contribution in [0.2, 0.25) is 5.02 Å². The molecule has 28 heavy (non-hydrogen) atoms. The highest BCUT2D eigenvalue weighted by Gasteiger charge is 2.16. The summed E-state index contributed by atoms with van der Waals surface area (Å²) in [5, 5.41) is 15.5. The van der Waals surface area contributed by atoms with Crippen molar-refractivity contribution >= 4 is 28.8 Å². The highest BCUT2D eigenvalue weighted by atomic mass is 35.5. The van der Waals surface area contributed by atoms with E-state index in [0.29, 0.717) is 22.1 Å². The SMILES string of the molecule is CC(Oc1ccccc1Cl)C(=O)Nc1cccc(-c2ccc3nncn3n2)c1. The Morgan fingerprint density at radius 1 is 1.14 bits per heavy atom. The van der Waals surface area contributed by atoms with E-state index in [9.17, 15) is 4.79 Å². The summed E-state index contributed by atoms with van der Waals surface area (Å²) in [6, 6.07) is 18.1. The van der Waals surface area contributed by atoms with E-state index in [1.165, 1.54) is 6.33 Å². The van der Waals surface area contributed by atoms with Crippen molar-refractivity contribution in [2.24, 2.45) is 0 Å². The van der Waals surface area contributed by atoms with E-state index in [2.05, 4.69) is 20.6 Å². The van der Waals surface area contributed by atoms with E-state index in [-0.39, 0.29) is 5.91 Å². The number of amides is 1. The van der Waals surface area contributed by atoms with Crippen molar-refractivity contribution in [1.29, 1.82) is 0 Å². The van der Waals surface area contributed by atoms with E-state index in [1.807, 2.05) is 30.3 Å². The fourth-order valence-corrected chi connectivity index (χ4v) is 2.85. The molecule has 8 heteroatoms. The molecule has 7 nitrogen and oxygen atoms in total. The molecule has 1 atom stereocenters. The predicted molar refractivity (Wildman–Crippen MR) is 106 cm³/mol. The number of para-hydroxylation sites is 1. The summed E-state index contributed by atoms with van der Waals surface area (Å²) in [5.74, 6) is 0.186. The Labute approximate surface area is 165 Å². The van der Waals surface area contributed by atoms with Crippen LogP contribution in [-0.2, 0) is 4.79 Å². The van der Waals surface area contributed by atoms with Crippen molar-refractivity contribution in [3.05, 3.63) is 72.0 Å². The maximum atomic E-state index is 12.5. The molecule has 1 amide bonds. The number of aromatic nitrogens is 4. The number of carbonyl (C=O) groups excluding carboxylic acids is 1. The van der Waals surface area contributed by atoms with E-state index >= 15 is 0 Å². The molecule has 0 spiro atoms. The second-order valence-corrected chi connectivity index (χ2v) is 6.52. The third-order valence-electron chi connectivity index (χ3n) is 4.10. The van der Waals surface area contributed by atoms with Crippen LogP contribution in [0.3, 0.4) is 0 Å². The number of rotatable bonds is 5. The lowest BCUT2D eigenvalue weighted by molar-refractivity contribution is -0.122. The summed E-state index contributed by atoms with van der Waals surface area (Å²) in [6.45, 7) is 1.67. The molecular formula is C20H16ClN5O2. The van der Waals surface area contributed by atoms with Gasteiger partial charge in [-0.1, -0.05) is 35.9 Å². The standard InChI is InChI=1S/C20H16ClN5O2/c1-13(28-18-8-3-2-7-16(18)21)20(27)23-15-6-4-5-14(11-15)17-9-10-19-24-22-12-26(19)25-17/h2-13H,1H3,(H,23,27). The number of nitrogens with zero attached hydrogens (tertiary/aromatic N) is 4. The largest absolute Gasteiger partial charge is 0.479 e. The number of hydrogen-bond donors (Lipinski definition) is 1. The lowest BCUT2D eigenvalue weighted by Gasteiger charge is -2.16. The molecule has 0 fully saturated rings. The molecule has 2 heterocycles. The fraction of sp³-hybridized carbons (Fsp3) is 0.100. The van der Waals surface area contributed by atoms with E-state index in [0.717, 1.165) is 11.3 Å². The van der Waals surface area contributed by atoms with Crippen LogP contribution in [0, 0.1) is 0 Å². The van der Waals surface area contributed by atoms with Crippen LogP contribution in [0.5, 0.6) is 5.75 Å². The van der Waals surface area contributed by atoms with E-state index in [1.54, 1.807) is 41.8 Å². The first-order chi connectivity index (χ1) is 13.6. The van der Waals surface area contributed by atoms with Crippen LogP contribution in [0.25, 0.3) is 16.9 Å². The van der Waals surface area contributed by atoms with Gasteiger partial charge in [-0.3, -0.25) is 4.79 Å². The summed E-state index contributed by atoms with van der Waals surface area (Å²) < 4.78 is 7.26. The number of hydrogen-bond acceptors (Lipinski definition) is 5. The van der Waals surface area contributed by atoms with Crippen molar-refractivity contribution in [2.75, 3.05) is 5.32 Å². The Bertz CT molecular complexity index is 1140. The topological polar surface area (TPSA) is 81.4 Å².